The molecule has 4 rings (SSSR count). The first-order valence-electron chi connectivity index (χ1n) is 16.0. The molecule has 0 saturated heterocycles. The molecule has 0 fully saturated rings. The Labute approximate surface area is 278 Å². The Morgan fingerprint density at radius 1 is 0.804 bits per heavy atom. The second kappa shape index (κ2) is 13.1. The number of carbonyl (C=O) groups is 1. The van der Waals surface area contributed by atoms with Crippen LogP contribution in [0.2, 0.25) is 36.3 Å². The molecular weight excluding hydrogens is 603 g/mol. The number of rotatable bonds is 9. The quantitative estimate of drug-likeness (QED) is 0.226. The summed E-state index contributed by atoms with van der Waals surface area (Å²) in [5.74, 6) is 1.95. The zero-order chi connectivity index (χ0) is 34.0. The molecule has 1 amide bonds. The predicted octanol–water partition coefficient (Wildman–Crippen LogP) is 9.20. The van der Waals surface area contributed by atoms with Crippen molar-refractivity contribution in [1.82, 2.24) is 10.6 Å². The third-order valence-electron chi connectivity index (χ3n) is 9.70. The maximum atomic E-state index is 13.6. The Morgan fingerprint density at radius 2 is 1.30 bits per heavy atom. The topological polar surface area (TPSA) is 72.0 Å². The van der Waals surface area contributed by atoms with Crippen LogP contribution >= 0.6 is 0 Å². The average molecular weight is 654 g/mol. The Morgan fingerprint density at radius 3 is 1.80 bits per heavy atom. The van der Waals surface area contributed by atoms with Crippen molar-refractivity contribution < 1.29 is 13.6 Å². The van der Waals surface area contributed by atoms with Crippen molar-refractivity contribution in [3.8, 4) is 11.5 Å². The number of hydrogen-bond acceptors (Lipinski definition) is 5. The third-order valence-corrected chi connectivity index (χ3v) is 18.4. The molecular formula is C38H51N3O3Si2. The van der Waals surface area contributed by atoms with Crippen molar-refractivity contribution >= 4 is 34.0 Å². The lowest BCUT2D eigenvalue weighted by molar-refractivity contribution is -0.119. The number of amides is 1. The molecule has 0 radical (unpaired) electrons. The summed E-state index contributed by atoms with van der Waals surface area (Å²) in [6, 6.07) is 25.9. The molecule has 1 aliphatic rings. The number of aliphatic imine (C=N–C) groups is 1. The van der Waals surface area contributed by atoms with E-state index >= 15 is 0 Å². The van der Waals surface area contributed by atoms with Crippen LogP contribution < -0.4 is 19.5 Å². The van der Waals surface area contributed by atoms with E-state index in [-0.39, 0.29) is 22.4 Å². The first-order chi connectivity index (χ1) is 21.4. The van der Waals surface area contributed by atoms with E-state index in [1.165, 1.54) is 0 Å². The second-order valence-electron chi connectivity index (χ2n) is 15.2. The fourth-order valence-electron chi connectivity index (χ4n) is 4.75. The molecule has 3 aromatic carbocycles. The van der Waals surface area contributed by atoms with Gasteiger partial charge in [0, 0.05) is 12.4 Å². The molecule has 244 valence electrons. The molecule has 1 heterocycles. The zero-order valence-electron chi connectivity index (χ0n) is 29.2. The van der Waals surface area contributed by atoms with Gasteiger partial charge in [-0.1, -0.05) is 103 Å². The number of benzene rings is 3. The molecule has 2 N–H and O–H groups in total. The van der Waals surface area contributed by atoms with Crippen molar-refractivity contribution in [2.24, 2.45) is 4.99 Å². The van der Waals surface area contributed by atoms with Gasteiger partial charge >= 0.3 is 0 Å². The molecule has 6 nitrogen and oxygen atoms in total. The van der Waals surface area contributed by atoms with E-state index in [0.29, 0.717) is 5.84 Å². The summed E-state index contributed by atoms with van der Waals surface area (Å²) in [6.07, 6.45) is 3.65. The van der Waals surface area contributed by atoms with Crippen LogP contribution in [0.15, 0.2) is 103 Å². The van der Waals surface area contributed by atoms with E-state index in [1.807, 2.05) is 78.9 Å². The number of nitrogens with one attached hydrogen (secondary N) is 2. The highest BCUT2D eigenvalue weighted by atomic mass is 28.4. The molecule has 3 aromatic rings. The fraction of sp³-hybridized carbons (Fsp3) is 0.368. The van der Waals surface area contributed by atoms with Crippen molar-refractivity contribution in [2.45, 2.75) is 89.8 Å². The molecule has 0 saturated carbocycles. The Hall–Kier alpha value is -3.89. The maximum absolute atomic E-state index is 13.6. The Kier molecular flexibility index (Phi) is 9.95. The van der Waals surface area contributed by atoms with Crippen LogP contribution in [-0.2, 0) is 16.8 Å². The zero-order valence-corrected chi connectivity index (χ0v) is 31.2. The highest BCUT2D eigenvalue weighted by Crippen LogP contribution is 2.41. The molecule has 0 aliphatic carbocycles. The average Bonchev–Trinajstić information content (AvgIpc) is 2.97. The molecule has 0 bridgehead atoms. The van der Waals surface area contributed by atoms with Gasteiger partial charge in [-0.05, 0) is 82.8 Å². The van der Waals surface area contributed by atoms with Gasteiger partial charge in [0.15, 0.2) is 0 Å². The van der Waals surface area contributed by atoms with Gasteiger partial charge in [-0.15, -0.1) is 0 Å². The predicted molar refractivity (Wildman–Crippen MR) is 197 cm³/mol. The van der Waals surface area contributed by atoms with E-state index in [1.54, 1.807) is 12.4 Å². The SMILES string of the molecule is C=C(c1ccccc1)[C@]1(c2ccc(O[Si](C)(C)C(C)(C)C)cc2)NC=CN=C1NC(=O)Cc1ccc(O[Si](C)(C)C(C)(C)C)cc1. The highest BCUT2D eigenvalue weighted by Gasteiger charge is 2.44. The summed E-state index contributed by atoms with van der Waals surface area (Å²) in [5, 5.41) is 6.85. The molecule has 0 spiro atoms. The lowest BCUT2D eigenvalue weighted by Crippen LogP contribution is -2.56. The van der Waals surface area contributed by atoms with Crippen LogP contribution in [0.25, 0.3) is 5.57 Å². The van der Waals surface area contributed by atoms with Gasteiger partial charge in [-0.25, -0.2) is 4.99 Å². The Bertz CT molecular complexity index is 1600. The van der Waals surface area contributed by atoms with E-state index < -0.39 is 22.2 Å². The number of nitrogens with zero attached hydrogens (tertiary/aromatic N) is 1. The molecule has 1 aliphatic heterocycles. The molecule has 46 heavy (non-hydrogen) atoms. The number of carbonyl (C=O) groups excluding carboxylic acids is 1. The smallest absolute Gasteiger partial charge is 0.250 e. The van der Waals surface area contributed by atoms with Gasteiger partial charge in [-0.2, -0.15) is 0 Å². The van der Waals surface area contributed by atoms with Crippen LogP contribution in [-0.4, -0.2) is 28.4 Å². The lowest BCUT2D eigenvalue weighted by atomic mass is 9.78. The third kappa shape index (κ3) is 7.56. The van der Waals surface area contributed by atoms with Crippen LogP contribution in [0.5, 0.6) is 11.5 Å². The minimum absolute atomic E-state index is 0.0758. The van der Waals surface area contributed by atoms with Crippen molar-refractivity contribution in [2.75, 3.05) is 0 Å². The normalized spacial score (nSPS) is 17.0. The van der Waals surface area contributed by atoms with Gasteiger partial charge in [0.1, 0.15) is 22.9 Å². The van der Waals surface area contributed by atoms with E-state index in [9.17, 15) is 4.79 Å². The summed E-state index contributed by atoms with van der Waals surface area (Å²) in [4.78, 5) is 18.3. The summed E-state index contributed by atoms with van der Waals surface area (Å²) >= 11 is 0. The second-order valence-corrected chi connectivity index (χ2v) is 24.6. The van der Waals surface area contributed by atoms with Crippen LogP contribution in [0, 0.1) is 0 Å². The van der Waals surface area contributed by atoms with Crippen molar-refractivity contribution in [3.05, 3.63) is 115 Å². The Balaban J connectivity index is 1.62. The van der Waals surface area contributed by atoms with E-state index in [0.717, 1.165) is 33.8 Å². The van der Waals surface area contributed by atoms with Gasteiger partial charge in [0.25, 0.3) is 0 Å². The molecule has 0 unspecified atom stereocenters. The largest absolute Gasteiger partial charge is 0.544 e. The van der Waals surface area contributed by atoms with Crippen molar-refractivity contribution in [3.63, 3.8) is 0 Å². The monoisotopic (exact) mass is 653 g/mol. The van der Waals surface area contributed by atoms with Crippen LogP contribution in [0.3, 0.4) is 0 Å². The van der Waals surface area contributed by atoms with Gasteiger partial charge in [-0.3, -0.25) is 4.79 Å². The van der Waals surface area contributed by atoms with Gasteiger partial charge < -0.3 is 19.5 Å². The van der Waals surface area contributed by atoms with Crippen LogP contribution in [0.4, 0.5) is 0 Å². The van der Waals surface area contributed by atoms with Crippen LogP contribution in [0.1, 0.15) is 58.2 Å². The van der Waals surface area contributed by atoms with E-state index in [4.69, 9.17) is 13.8 Å². The first kappa shape index (κ1) is 35.0. The number of amidine groups is 1. The van der Waals surface area contributed by atoms with Gasteiger partial charge in [0.2, 0.25) is 22.5 Å². The summed E-state index contributed by atoms with van der Waals surface area (Å²) < 4.78 is 13.0. The van der Waals surface area contributed by atoms with Crippen molar-refractivity contribution in [1.29, 1.82) is 0 Å². The van der Waals surface area contributed by atoms with E-state index in [2.05, 4.69) is 84.9 Å². The summed E-state index contributed by atoms with van der Waals surface area (Å²) in [6.45, 7) is 26.8. The van der Waals surface area contributed by atoms with Gasteiger partial charge in [0.05, 0.1) is 6.42 Å². The first-order valence-corrected chi connectivity index (χ1v) is 21.8. The minimum atomic E-state index is -2.02. The maximum Gasteiger partial charge on any atom is 0.250 e. The standard InChI is InChI=1S/C38H51N3O3Si2/c1-28(30-15-13-12-14-16-30)38(31-19-23-33(24-20-31)44-46(10,11)37(5,6)7)35(39-25-26-40-38)41-34(42)27-29-17-21-32(22-18-29)43-45(8,9)36(2,3)4/h12-26,40H,1,27H2,2-11H3,(H,39,41,42)/t38-/m1/s1. The molecule has 0 aromatic heterocycles. The summed E-state index contributed by atoms with van der Waals surface area (Å²) in [7, 11) is -3.98. The highest BCUT2D eigenvalue weighted by molar-refractivity contribution is 6.75. The minimum Gasteiger partial charge on any atom is -0.544 e. The summed E-state index contributed by atoms with van der Waals surface area (Å²) in [5.41, 5.74) is 2.47. The molecule has 8 heteroatoms. The molecule has 1 atom stereocenters. The fourth-order valence-corrected chi connectivity index (χ4v) is 6.81. The number of hydrogen-bond donors (Lipinski definition) is 2. The lowest BCUT2D eigenvalue weighted by Gasteiger charge is -2.40.